The van der Waals surface area contributed by atoms with E-state index in [1.807, 2.05) is 6.07 Å². The first-order chi connectivity index (χ1) is 13.2. The summed E-state index contributed by atoms with van der Waals surface area (Å²) < 4.78 is 16.0. The lowest BCUT2D eigenvalue weighted by atomic mass is 9.82. The van der Waals surface area contributed by atoms with E-state index < -0.39 is 0 Å². The molecule has 5 heteroatoms. The maximum absolute atomic E-state index is 12.7. The fourth-order valence-electron chi connectivity index (χ4n) is 3.78. The molecule has 1 amide bonds. The van der Waals surface area contributed by atoms with E-state index in [9.17, 15) is 4.79 Å². The van der Waals surface area contributed by atoms with Crippen LogP contribution in [0.25, 0.3) is 0 Å². The molecule has 0 aliphatic heterocycles. The first kappa shape index (κ1) is 19.1. The molecule has 5 nitrogen and oxygen atoms in total. The van der Waals surface area contributed by atoms with E-state index in [2.05, 4.69) is 29.6 Å². The van der Waals surface area contributed by atoms with Crippen LogP contribution in [0.4, 0.5) is 0 Å². The van der Waals surface area contributed by atoms with Gasteiger partial charge in [0, 0.05) is 11.6 Å². The Hall–Kier alpha value is -2.69. The fraction of sp³-hybridized carbons (Fsp3) is 0.409. The lowest BCUT2D eigenvalue weighted by molar-refractivity contribution is 0.0925. The summed E-state index contributed by atoms with van der Waals surface area (Å²) in [4.78, 5) is 12.7. The van der Waals surface area contributed by atoms with Crippen LogP contribution in [0.2, 0.25) is 0 Å². The summed E-state index contributed by atoms with van der Waals surface area (Å²) in [7, 11) is 4.64. The van der Waals surface area contributed by atoms with E-state index in [0.29, 0.717) is 28.7 Å². The van der Waals surface area contributed by atoms with Gasteiger partial charge in [-0.1, -0.05) is 30.3 Å². The predicted molar refractivity (Wildman–Crippen MR) is 105 cm³/mol. The third-order valence-corrected chi connectivity index (χ3v) is 5.26. The molecule has 0 saturated heterocycles. The Labute approximate surface area is 160 Å². The van der Waals surface area contributed by atoms with Crippen LogP contribution in [-0.2, 0) is 0 Å². The molecule has 1 N–H and O–H groups in total. The maximum atomic E-state index is 12.7. The highest BCUT2D eigenvalue weighted by Crippen LogP contribution is 2.38. The number of carbonyl (C=O) groups is 1. The summed E-state index contributed by atoms with van der Waals surface area (Å²) in [6.45, 7) is 0. The average Bonchev–Trinajstić information content (AvgIpc) is 2.73. The SMILES string of the molecule is COc1cc(C(=O)NC2CCC(c3ccccc3)CC2)cc(OC)c1OC. The van der Waals surface area contributed by atoms with Crippen molar-refractivity contribution in [3.05, 3.63) is 53.6 Å². The molecule has 0 atom stereocenters. The minimum absolute atomic E-state index is 0.114. The summed E-state index contributed by atoms with van der Waals surface area (Å²) in [5, 5.41) is 3.16. The minimum atomic E-state index is -0.114. The molecule has 0 bridgehead atoms. The highest BCUT2D eigenvalue weighted by Gasteiger charge is 2.24. The van der Waals surface area contributed by atoms with Gasteiger partial charge in [-0.2, -0.15) is 0 Å². The van der Waals surface area contributed by atoms with Gasteiger partial charge in [0.2, 0.25) is 5.75 Å². The molecule has 0 unspecified atom stereocenters. The summed E-state index contributed by atoms with van der Waals surface area (Å²) in [6.07, 6.45) is 4.14. The van der Waals surface area contributed by atoms with E-state index in [4.69, 9.17) is 14.2 Å². The number of hydrogen-bond acceptors (Lipinski definition) is 4. The molecule has 144 valence electrons. The Kier molecular flexibility index (Phi) is 6.22. The zero-order valence-electron chi connectivity index (χ0n) is 16.2. The van der Waals surface area contributed by atoms with Crippen LogP contribution in [0.1, 0.15) is 47.5 Å². The van der Waals surface area contributed by atoms with Crippen LogP contribution in [0.3, 0.4) is 0 Å². The minimum Gasteiger partial charge on any atom is -0.493 e. The average molecular weight is 369 g/mol. The topological polar surface area (TPSA) is 56.8 Å². The molecule has 2 aromatic carbocycles. The van der Waals surface area contributed by atoms with Gasteiger partial charge in [0.15, 0.2) is 11.5 Å². The number of benzene rings is 2. The van der Waals surface area contributed by atoms with Gasteiger partial charge in [0.25, 0.3) is 5.91 Å². The van der Waals surface area contributed by atoms with Crippen molar-refractivity contribution < 1.29 is 19.0 Å². The second-order valence-corrected chi connectivity index (χ2v) is 6.85. The first-order valence-corrected chi connectivity index (χ1v) is 9.32. The quantitative estimate of drug-likeness (QED) is 0.830. The van der Waals surface area contributed by atoms with E-state index in [-0.39, 0.29) is 11.9 Å². The largest absolute Gasteiger partial charge is 0.493 e. The lowest BCUT2D eigenvalue weighted by Crippen LogP contribution is -2.37. The van der Waals surface area contributed by atoms with Gasteiger partial charge < -0.3 is 19.5 Å². The third-order valence-electron chi connectivity index (χ3n) is 5.26. The molecule has 1 aliphatic carbocycles. The molecule has 27 heavy (non-hydrogen) atoms. The molecule has 1 fully saturated rings. The number of methoxy groups -OCH3 is 3. The van der Waals surface area contributed by atoms with Crippen molar-refractivity contribution >= 4 is 5.91 Å². The van der Waals surface area contributed by atoms with Crippen molar-refractivity contribution in [3.8, 4) is 17.2 Å². The molecule has 0 spiro atoms. The molecule has 1 aliphatic rings. The standard InChI is InChI=1S/C22H27NO4/c1-25-19-13-17(14-20(26-2)21(19)27-3)22(24)23-18-11-9-16(10-12-18)15-7-5-4-6-8-15/h4-8,13-14,16,18H,9-12H2,1-3H3,(H,23,24). The Morgan fingerprint density at radius 3 is 2.00 bits per heavy atom. The van der Waals surface area contributed by atoms with Gasteiger partial charge in [-0.3, -0.25) is 4.79 Å². The van der Waals surface area contributed by atoms with Crippen LogP contribution in [0.5, 0.6) is 17.2 Å². The third kappa shape index (κ3) is 4.35. The highest BCUT2D eigenvalue weighted by molar-refractivity contribution is 5.95. The monoisotopic (exact) mass is 369 g/mol. The van der Waals surface area contributed by atoms with Crippen LogP contribution in [-0.4, -0.2) is 33.3 Å². The normalized spacial score (nSPS) is 19.2. The summed E-state index contributed by atoms with van der Waals surface area (Å²) in [6, 6.07) is 14.2. The van der Waals surface area contributed by atoms with Crippen molar-refractivity contribution in [2.45, 2.75) is 37.6 Å². The van der Waals surface area contributed by atoms with Gasteiger partial charge in [-0.15, -0.1) is 0 Å². The van der Waals surface area contributed by atoms with Crippen LogP contribution in [0.15, 0.2) is 42.5 Å². The molecule has 0 radical (unpaired) electrons. The van der Waals surface area contributed by atoms with Crippen LogP contribution in [0, 0.1) is 0 Å². The maximum Gasteiger partial charge on any atom is 0.251 e. The Morgan fingerprint density at radius 2 is 1.48 bits per heavy atom. The van der Waals surface area contributed by atoms with Crippen molar-refractivity contribution in [2.24, 2.45) is 0 Å². The Balaban J connectivity index is 1.64. The molecular weight excluding hydrogens is 342 g/mol. The molecular formula is C22H27NO4. The highest BCUT2D eigenvalue weighted by atomic mass is 16.5. The zero-order valence-corrected chi connectivity index (χ0v) is 16.2. The number of hydrogen-bond donors (Lipinski definition) is 1. The van der Waals surface area contributed by atoms with Gasteiger partial charge in [0.05, 0.1) is 21.3 Å². The van der Waals surface area contributed by atoms with E-state index >= 15 is 0 Å². The van der Waals surface area contributed by atoms with E-state index in [1.165, 1.54) is 5.56 Å². The van der Waals surface area contributed by atoms with Crippen molar-refractivity contribution in [2.75, 3.05) is 21.3 Å². The molecule has 0 aromatic heterocycles. The fourth-order valence-corrected chi connectivity index (χ4v) is 3.78. The van der Waals surface area contributed by atoms with Gasteiger partial charge in [-0.05, 0) is 49.3 Å². The molecule has 2 aromatic rings. The van der Waals surface area contributed by atoms with Crippen molar-refractivity contribution in [1.29, 1.82) is 0 Å². The van der Waals surface area contributed by atoms with Crippen molar-refractivity contribution in [3.63, 3.8) is 0 Å². The van der Waals surface area contributed by atoms with Gasteiger partial charge in [0.1, 0.15) is 0 Å². The summed E-state index contributed by atoms with van der Waals surface area (Å²) in [5.41, 5.74) is 1.90. The second-order valence-electron chi connectivity index (χ2n) is 6.85. The number of nitrogens with one attached hydrogen (secondary N) is 1. The number of amides is 1. The van der Waals surface area contributed by atoms with E-state index in [0.717, 1.165) is 25.7 Å². The number of carbonyl (C=O) groups excluding carboxylic acids is 1. The van der Waals surface area contributed by atoms with Crippen LogP contribution < -0.4 is 19.5 Å². The zero-order chi connectivity index (χ0) is 19.2. The first-order valence-electron chi connectivity index (χ1n) is 9.32. The summed E-state index contributed by atoms with van der Waals surface area (Å²) >= 11 is 0. The van der Waals surface area contributed by atoms with Crippen molar-refractivity contribution in [1.82, 2.24) is 5.32 Å². The smallest absolute Gasteiger partial charge is 0.251 e. The summed E-state index contributed by atoms with van der Waals surface area (Å²) in [5.74, 6) is 1.92. The second kappa shape index (κ2) is 8.80. The Bertz CT molecular complexity index is 742. The van der Waals surface area contributed by atoms with Crippen LogP contribution >= 0.6 is 0 Å². The van der Waals surface area contributed by atoms with Gasteiger partial charge in [-0.25, -0.2) is 0 Å². The Morgan fingerprint density at radius 1 is 0.889 bits per heavy atom. The molecule has 1 saturated carbocycles. The lowest BCUT2D eigenvalue weighted by Gasteiger charge is -2.29. The van der Waals surface area contributed by atoms with E-state index in [1.54, 1.807) is 33.5 Å². The predicted octanol–water partition coefficient (Wildman–Crippen LogP) is 4.17. The molecule has 0 heterocycles. The van der Waals surface area contributed by atoms with Gasteiger partial charge >= 0.3 is 0 Å². The number of ether oxygens (including phenoxy) is 3. The molecule has 3 rings (SSSR count). The number of rotatable bonds is 6.